The van der Waals surface area contributed by atoms with Gasteiger partial charge in [-0.25, -0.2) is 0 Å². The van der Waals surface area contributed by atoms with E-state index in [1.807, 2.05) is 0 Å². The lowest BCUT2D eigenvalue weighted by Crippen LogP contribution is -2.51. The number of nitrogens with one attached hydrogen (secondary N) is 1. The van der Waals surface area contributed by atoms with Gasteiger partial charge < -0.3 is 11.1 Å². The Balaban J connectivity index is 0.00000144. The van der Waals surface area contributed by atoms with Gasteiger partial charge in [0, 0.05) is 13.0 Å². The molecule has 4 heteroatoms. The van der Waals surface area contributed by atoms with Crippen molar-refractivity contribution >= 4 is 18.3 Å². The topological polar surface area (TPSA) is 55.1 Å². The molecule has 0 aromatic carbocycles. The molecule has 2 fully saturated rings. The first-order valence-corrected chi connectivity index (χ1v) is 6.75. The summed E-state index contributed by atoms with van der Waals surface area (Å²) in [5.74, 6) is 0.871. The van der Waals surface area contributed by atoms with Crippen molar-refractivity contribution in [3.63, 3.8) is 0 Å². The van der Waals surface area contributed by atoms with E-state index in [1.54, 1.807) is 0 Å². The number of amides is 1. The van der Waals surface area contributed by atoms with Gasteiger partial charge >= 0.3 is 0 Å². The summed E-state index contributed by atoms with van der Waals surface area (Å²) in [5.41, 5.74) is 5.75. The van der Waals surface area contributed by atoms with E-state index in [0.29, 0.717) is 12.5 Å². The molecule has 0 unspecified atom stereocenters. The first kappa shape index (κ1) is 14.8. The van der Waals surface area contributed by atoms with Crippen LogP contribution >= 0.6 is 12.4 Å². The molecule has 2 saturated carbocycles. The van der Waals surface area contributed by atoms with E-state index in [2.05, 4.69) is 5.32 Å². The minimum Gasteiger partial charge on any atom is -0.349 e. The van der Waals surface area contributed by atoms with Crippen LogP contribution in [0.15, 0.2) is 0 Å². The molecule has 0 bridgehead atoms. The maximum absolute atomic E-state index is 12.0. The zero-order valence-corrected chi connectivity index (χ0v) is 11.4. The van der Waals surface area contributed by atoms with Gasteiger partial charge in [-0.1, -0.05) is 25.7 Å². The van der Waals surface area contributed by atoms with Gasteiger partial charge in [0.1, 0.15) is 0 Å². The molecule has 0 atom stereocenters. The van der Waals surface area contributed by atoms with E-state index >= 15 is 0 Å². The number of hydrogen-bond donors (Lipinski definition) is 2. The highest BCUT2D eigenvalue weighted by Gasteiger charge is 2.34. The van der Waals surface area contributed by atoms with Crippen LogP contribution in [0, 0.1) is 5.92 Å². The van der Waals surface area contributed by atoms with Crippen molar-refractivity contribution in [2.75, 3.05) is 6.54 Å². The van der Waals surface area contributed by atoms with E-state index < -0.39 is 0 Å². The van der Waals surface area contributed by atoms with Crippen molar-refractivity contribution in [2.24, 2.45) is 11.7 Å². The highest BCUT2D eigenvalue weighted by molar-refractivity contribution is 5.85. The molecule has 1 amide bonds. The van der Waals surface area contributed by atoms with Gasteiger partial charge in [0.25, 0.3) is 0 Å². The summed E-state index contributed by atoms with van der Waals surface area (Å²) < 4.78 is 0. The van der Waals surface area contributed by atoms with Crippen LogP contribution in [0.5, 0.6) is 0 Å². The molecule has 2 aliphatic carbocycles. The average Bonchev–Trinajstić information content (AvgIpc) is 2.90. The van der Waals surface area contributed by atoms with E-state index in [0.717, 1.165) is 19.3 Å². The normalized spacial score (nSPS) is 23.4. The molecule has 0 heterocycles. The number of hydrogen-bond acceptors (Lipinski definition) is 2. The predicted molar refractivity (Wildman–Crippen MR) is 72.2 cm³/mol. The van der Waals surface area contributed by atoms with Crippen LogP contribution < -0.4 is 11.1 Å². The molecule has 2 rings (SSSR count). The first-order valence-electron chi connectivity index (χ1n) is 6.75. The summed E-state index contributed by atoms with van der Waals surface area (Å²) in [5, 5.41) is 3.20. The second-order valence-corrected chi connectivity index (χ2v) is 5.59. The fourth-order valence-corrected chi connectivity index (χ4v) is 3.26. The fraction of sp³-hybridized carbons (Fsp3) is 0.923. The van der Waals surface area contributed by atoms with Crippen LogP contribution in [0.2, 0.25) is 0 Å². The zero-order chi connectivity index (χ0) is 11.4. The molecule has 100 valence electrons. The largest absolute Gasteiger partial charge is 0.349 e. The van der Waals surface area contributed by atoms with Gasteiger partial charge in [0.15, 0.2) is 0 Å². The highest BCUT2D eigenvalue weighted by Crippen LogP contribution is 2.30. The van der Waals surface area contributed by atoms with Crippen molar-refractivity contribution in [3.8, 4) is 0 Å². The Labute approximate surface area is 110 Å². The Morgan fingerprint density at radius 1 is 1.18 bits per heavy atom. The van der Waals surface area contributed by atoms with Gasteiger partial charge in [0.05, 0.1) is 5.54 Å². The Kier molecular flexibility index (Phi) is 5.74. The summed E-state index contributed by atoms with van der Waals surface area (Å²) in [6, 6.07) is 0. The van der Waals surface area contributed by atoms with Gasteiger partial charge in [-0.3, -0.25) is 4.79 Å². The average molecular weight is 261 g/mol. The van der Waals surface area contributed by atoms with Gasteiger partial charge in [-0.2, -0.15) is 0 Å². The highest BCUT2D eigenvalue weighted by atomic mass is 35.5. The molecular formula is C13H25ClN2O. The molecule has 0 aromatic rings. The maximum atomic E-state index is 12.0. The molecule has 3 N–H and O–H groups in total. The Bertz CT molecular complexity index is 246. The smallest absolute Gasteiger partial charge is 0.220 e. The third-order valence-electron chi connectivity index (χ3n) is 4.30. The van der Waals surface area contributed by atoms with Crippen molar-refractivity contribution in [1.82, 2.24) is 5.32 Å². The minimum atomic E-state index is -0.0598. The van der Waals surface area contributed by atoms with Crippen LogP contribution in [0.4, 0.5) is 0 Å². The molecule has 0 aliphatic heterocycles. The second kappa shape index (κ2) is 6.60. The van der Waals surface area contributed by atoms with Gasteiger partial charge in [0.2, 0.25) is 5.91 Å². The van der Waals surface area contributed by atoms with Crippen LogP contribution in [-0.4, -0.2) is 18.0 Å². The van der Waals surface area contributed by atoms with Crippen molar-refractivity contribution in [2.45, 2.75) is 63.3 Å². The molecule has 0 aromatic heterocycles. The van der Waals surface area contributed by atoms with Crippen LogP contribution in [0.1, 0.15) is 57.8 Å². The van der Waals surface area contributed by atoms with E-state index in [4.69, 9.17) is 5.73 Å². The quantitative estimate of drug-likeness (QED) is 0.816. The standard InChI is InChI=1S/C13H24N2O.ClH/c14-10-13(7-3-4-8-13)15-12(16)9-11-5-1-2-6-11;/h11H,1-10,14H2,(H,15,16);1H. The van der Waals surface area contributed by atoms with Crippen LogP contribution in [0.3, 0.4) is 0 Å². The summed E-state index contributed by atoms with van der Waals surface area (Å²) in [4.78, 5) is 12.0. The summed E-state index contributed by atoms with van der Waals surface area (Å²) in [6.07, 6.45) is 10.4. The van der Waals surface area contributed by atoms with Crippen LogP contribution in [0.25, 0.3) is 0 Å². The van der Waals surface area contributed by atoms with Crippen molar-refractivity contribution < 1.29 is 4.79 Å². The Morgan fingerprint density at radius 2 is 1.76 bits per heavy atom. The third-order valence-corrected chi connectivity index (χ3v) is 4.30. The first-order chi connectivity index (χ1) is 7.74. The Morgan fingerprint density at radius 3 is 2.29 bits per heavy atom. The monoisotopic (exact) mass is 260 g/mol. The number of carbonyl (C=O) groups is 1. The number of carbonyl (C=O) groups excluding carboxylic acids is 1. The van der Waals surface area contributed by atoms with Gasteiger partial charge in [-0.15, -0.1) is 12.4 Å². The van der Waals surface area contributed by atoms with Crippen LogP contribution in [-0.2, 0) is 4.79 Å². The second-order valence-electron chi connectivity index (χ2n) is 5.59. The van der Waals surface area contributed by atoms with Crippen molar-refractivity contribution in [1.29, 1.82) is 0 Å². The fourth-order valence-electron chi connectivity index (χ4n) is 3.26. The third kappa shape index (κ3) is 3.85. The predicted octanol–water partition coefficient (Wildman–Crippen LogP) is 2.38. The van der Waals surface area contributed by atoms with E-state index in [1.165, 1.54) is 38.5 Å². The maximum Gasteiger partial charge on any atom is 0.220 e. The molecular weight excluding hydrogens is 236 g/mol. The summed E-state index contributed by atoms with van der Waals surface area (Å²) in [6.45, 7) is 0.601. The molecule has 2 aliphatic rings. The molecule has 3 nitrogen and oxygen atoms in total. The number of halogens is 1. The lowest BCUT2D eigenvalue weighted by molar-refractivity contribution is -0.123. The zero-order valence-electron chi connectivity index (χ0n) is 10.5. The number of nitrogens with two attached hydrogens (primary N) is 1. The SMILES string of the molecule is Cl.NCC1(NC(=O)CC2CCCC2)CCCC1. The van der Waals surface area contributed by atoms with E-state index in [-0.39, 0.29) is 23.9 Å². The number of rotatable bonds is 4. The minimum absolute atomic E-state index is 0. The molecule has 0 spiro atoms. The molecule has 17 heavy (non-hydrogen) atoms. The lowest BCUT2D eigenvalue weighted by Gasteiger charge is -2.29. The van der Waals surface area contributed by atoms with E-state index in [9.17, 15) is 4.79 Å². The molecule has 0 saturated heterocycles. The lowest BCUT2D eigenvalue weighted by atomic mass is 9.96. The van der Waals surface area contributed by atoms with Gasteiger partial charge in [-0.05, 0) is 31.6 Å². The molecule has 0 radical (unpaired) electrons. The Hall–Kier alpha value is -0.280. The summed E-state index contributed by atoms with van der Waals surface area (Å²) >= 11 is 0. The van der Waals surface area contributed by atoms with Crippen molar-refractivity contribution in [3.05, 3.63) is 0 Å². The summed E-state index contributed by atoms with van der Waals surface area (Å²) in [7, 11) is 0.